The lowest BCUT2D eigenvalue weighted by Gasteiger charge is -2.36. The average molecular weight is 315 g/mol. The summed E-state index contributed by atoms with van der Waals surface area (Å²) in [5, 5.41) is 8.70. The summed E-state index contributed by atoms with van der Waals surface area (Å²) in [6.45, 7) is 0.373. The molecule has 18 heavy (non-hydrogen) atoms. The zero-order valence-electron chi connectivity index (χ0n) is 9.38. The highest BCUT2D eigenvalue weighted by Crippen LogP contribution is 2.16. The van der Waals surface area contributed by atoms with Crippen LogP contribution in [-0.4, -0.2) is 39.5 Å². The number of carboxylic acids is 1. The second-order valence-corrected chi connectivity index (χ2v) is 5.06. The number of halogens is 1. The van der Waals surface area contributed by atoms with Crippen molar-refractivity contribution in [3.8, 4) is 0 Å². The first-order chi connectivity index (χ1) is 8.47. The molecule has 1 amide bonds. The van der Waals surface area contributed by atoms with Crippen LogP contribution in [-0.2, 0) is 16.1 Å². The lowest BCUT2D eigenvalue weighted by Crippen LogP contribution is -2.54. The number of pyridine rings is 1. The van der Waals surface area contributed by atoms with Crippen molar-refractivity contribution in [2.24, 2.45) is 5.92 Å². The minimum Gasteiger partial charge on any atom is -0.481 e. The fourth-order valence-corrected chi connectivity index (χ4v) is 2.09. The number of rotatable bonds is 3. The van der Waals surface area contributed by atoms with Crippen LogP contribution in [0.5, 0.6) is 0 Å². The molecule has 96 valence electrons. The quantitative estimate of drug-likeness (QED) is 0.861. The van der Waals surface area contributed by atoms with Gasteiger partial charge in [0.15, 0.2) is 0 Å². The van der Waals surface area contributed by atoms with Crippen molar-refractivity contribution in [1.82, 2.24) is 9.47 Å². The van der Waals surface area contributed by atoms with Crippen LogP contribution in [0.15, 0.2) is 27.6 Å². The third-order valence-electron chi connectivity index (χ3n) is 2.84. The van der Waals surface area contributed by atoms with Gasteiger partial charge in [-0.2, -0.15) is 0 Å². The Morgan fingerprint density at radius 3 is 2.67 bits per heavy atom. The van der Waals surface area contributed by atoms with Crippen LogP contribution in [0.4, 0.5) is 0 Å². The van der Waals surface area contributed by atoms with Gasteiger partial charge in [0.25, 0.3) is 5.56 Å². The van der Waals surface area contributed by atoms with E-state index in [1.54, 1.807) is 6.07 Å². The number of nitrogens with zero attached hydrogens (tertiary/aromatic N) is 2. The van der Waals surface area contributed by atoms with E-state index in [9.17, 15) is 14.4 Å². The first-order valence-corrected chi connectivity index (χ1v) is 6.13. The molecular formula is C11H11BrN2O4. The number of aliphatic carboxylic acids is 1. The summed E-state index contributed by atoms with van der Waals surface area (Å²) < 4.78 is 2.00. The van der Waals surface area contributed by atoms with Gasteiger partial charge < -0.3 is 14.6 Å². The van der Waals surface area contributed by atoms with Gasteiger partial charge in [0.05, 0.1) is 5.92 Å². The number of likely N-dealkylation sites (tertiary alicyclic amines) is 1. The maximum absolute atomic E-state index is 11.8. The van der Waals surface area contributed by atoms with Crippen LogP contribution in [0, 0.1) is 5.92 Å². The summed E-state index contributed by atoms with van der Waals surface area (Å²) in [5.41, 5.74) is -0.262. The molecule has 1 aliphatic rings. The van der Waals surface area contributed by atoms with Crippen LogP contribution in [0.2, 0.25) is 0 Å². The van der Waals surface area contributed by atoms with Crippen molar-refractivity contribution in [3.05, 3.63) is 33.2 Å². The Morgan fingerprint density at radius 1 is 1.39 bits per heavy atom. The van der Waals surface area contributed by atoms with Crippen molar-refractivity contribution in [2.45, 2.75) is 6.54 Å². The van der Waals surface area contributed by atoms with Crippen LogP contribution in [0.1, 0.15) is 0 Å². The van der Waals surface area contributed by atoms with E-state index >= 15 is 0 Å². The third-order valence-corrected chi connectivity index (χ3v) is 3.31. The number of hydrogen-bond donors (Lipinski definition) is 1. The van der Waals surface area contributed by atoms with Gasteiger partial charge in [0, 0.05) is 29.8 Å². The molecule has 0 bridgehead atoms. The van der Waals surface area contributed by atoms with Gasteiger partial charge >= 0.3 is 5.97 Å². The molecule has 0 spiro atoms. The van der Waals surface area contributed by atoms with Crippen LogP contribution >= 0.6 is 15.9 Å². The maximum Gasteiger partial charge on any atom is 0.310 e. The summed E-state index contributed by atoms with van der Waals surface area (Å²) in [4.78, 5) is 35.3. The average Bonchev–Trinajstić information content (AvgIpc) is 2.20. The van der Waals surface area contributed by atoms with Gasteiger partial charge in [-0.1, -0.05) is 0 Å². The molecule has 0 aliphatic carbocycles. The van der Waals surface area contributed by atoms with Gasteiger partial charge in [0.2, 0.25) is 5.91 Å². The first-order valence-electron chi connectivity index (χ1n) is 5.34. The van der Waals surface area contributed by atoms with E-state index in [1.165, 1.54) is 21.7 Å². The monoisotopic (exact) mass is 314 g/mol. The van der Waals surface area contributed by atoms with E-state index in [4.69, 9.17) is 5.11 Å². The Hall–Kier alpha value is -1.63. The van der Waals surface area contributed by atoms with Gasteiger partial charge in [-0.15, -0.1) is 0 Å². The van der Waals surface area contributed by atoms with Gasteiger partial charge in [-0.05, 0) is 22.0 Å². The molecule has 1 aromatic rings. The minimum atomic E-state index is -0.890. The molecule has 1 aliphatic heterocycles. The highest BCUT2D eigenvalue weighted by atomic mass is 79.9. The first kappa shape index (κ1) is 12.8. The molecule has 1 saturated heterocycles. The number of carboxylic acid groups (broad SMARTS) is 1. The number of amides is 1. The largest absolute Gasteiger partial charge is 0.481 e. The van der Waals surface area contributed by atoms with Crippen molar-refractivity contribution >= 4 is 27.8 Å². The molecule has 0 unspecified atom stereocenters. The Bertz CT molecular complexity index is 548. The molecule has 0 atom stereocenters. The van der Waals surface area contributed by atoms with Crippen LogP contribution in [0.3, 0.4) is 0 Å². The minimum absolute atomic E-state index is 0.0649. The van der Waals surface area contributed by atoms with E-state index < -0.39 is 11.9 Å². The van der Waals surface area contributed by atoms with Gasteiger partial charge in [-0.3, -0.25) is 14.4 Å². The summed E-state index contributed by atoms with van der Waals surface area (Å²) in [6.07, 6.45) is 1.54. The molecule has 6 nitrogen and oxygen atoms in total. The number of hydrogen-bond acceptors (Lipinski definition) is 3. The molecule has 7 heteroatoms. The molecule has 1 fully saturated rings. The SMILES string of the molecule is O=C(O)C1CN(C(=O)Cn2cc(Br)ccc2=O)C1. The van der Waals surface area contributed by atoms with Gasteiger partial charge in [0.1, 0.15) is 6.54 Å². The van der Waals surface area contributed by atoms with E-state index in [-0.39, 0.29) is 31.1 Å². The number of carbonyl (C=O) groups excluding carboxylic acids is 1. The van der Waals surface area contributed by atoms with Crippen LogP contribution in [0.25, 0.3) is 0 Å². The van der Waals surface area contributed by atoms with Crippen molar-refractivity contribution in [2.75, 3.05) is 13.1 Å². The fourth-order valence-electron chi connectivity index (χ4n) is 1.71. The normalized spacial score (nSPS) is 15.3. The lowest BCUT2D eigenvalue weighted by atomic mass is 10.0. The highest BCUT2D eigenvalue weighted by molar-refractivity contribution is 9.10. The van der Waals surface area contributed by atoms with E-state index in [0.717, 1.165) is 0 Å². The molecule has 1 aromatic heterocycles. The maximum atomic E-state index is 11.8. The summed E-state index contributed by atoms with van der Waals surface area (Å²) in [5.74, 6) is -1.61. The molecule has 1 N–H and O–H groups in total. The predicted molar refractivity (Wildman–Crippen MR) is 66.1 cm³/mol. The smallest absolute Gasteiger partial charge is 0.310 e. The third kappa shape index (κ3) is 2.61. The second kappa shape index (κ2) is 4.93. The Labute approximate surface area is 111 Å². The molecule has 2 rings (SSSR count). The molecule has 2 heterocycles. The van der Waals surface area contributed by atoms with Crippen molar-refractivity contribution < 1.29 is 14.7 Å². The molecular weight excluding hydrogens is 304 g/mol. The number of carbonyl (C=O) groups is 2. The fraction of sp³-hybridized carbons (Fsp3) is 0.364. The molecule has 0 saturated carbocycles. The predicted octanol–water partition coefficient (Wildman–Crippen LogP) is 0.154. The second-order valence-electron chi connectivity index (χ2n) is 4.15. The lowest BCUT2D eigenvalue weighted by molar-refractivity contribution is -0.153. The summed E-state index contributed by atoms with van der Waals surface area (Å²) >= 11 is 3.22. The van der Waals surface area contributed by atoms with Crippen molar-refractivity contribution in [1.29, 1.82) is 0 Å². The molecule has 0 radical (unpaired) electrons. The Balaban J connectivity index is 1.99. The molecule has 0 aromatic carbocycles. The van der Waals surface area contributed by atoms with E-state index in [2.05, 4.69) is 15.9 Å². The van der Waals surface area contributed by atoms with Crippen molar-refractivity contribution in [3.63, 3.8) is 0 Å². The zero-order chi connectivity index (χ0) is 13.3. The van der Waals surface area contributed by atoms with Crippen LogP contribution < -0.4 is 5.56 Å². The summed E-state index contributed by atoms with van der Waals surface area (Å²) in [6, 6.07) is 2.97. The number of aromatic nitrogens is 1. The summed E-state index contributed by atoms with van der Waals surface area (Å²) in [7, 11) is 0. The van der Waals surface area contributed by atoms with E-state index in [1.807, 2.05) is 0 Å². The van der Waals surface area contributed by atoms with Gasteiger partial charge in [-0.25, -0.2) is 0 Å². The Kier molecular flexibility index (Phi) is 3.51. The van der Waals surface area contributed by atoms with E-state index in [0.29, 0.717) is 4.47 Å². The Morgan fingerprint density at radius 2 is 2.06 bits per heavy atom. The highest BCUT2D eigenvalue weighted by Gasteiger charge is 2.35. The standard InChI is InChI=1S/C11H11BrN2O4/c12-8-1-2-9(15)14(5-8)6-10(16)13-3-7(4-13)11(17)18/h1-2,5,7H,3-4,6H2,(H,17,18). The topological polar surface area (TPSA) is 79.6 Å². The zero-order valence-corrected chi connectivity index (χ0v) is 11.0.